The van der Waals surface area contributed by atoms with Gasteiger partial charge in [-0.05, 0) is 31.9 Å². The number of hydrogen-bond acceptors (Lipinski definition) is 3. The van der Waals surface area contributed by atoms with Crippen LogP contribution >= 0.6 is 11.6 Å². The van der Waals surface area contributed by atoms with Gasteiger partial charge in [-0.25, -0.2) is 9.37 Å². The molecule has 0 saturated carbocycles. The van der Waals surface area contributed by atoms with E-state index in [9.17, 15) is 4.39 Å². The van der Waals surface area contributed by atoms with Crippen molar-refractivity contribution in [2.45, 2.75) is 33.2 Å². The van der Waals surface area contributed by atoms with Crippen LogP contribution in [-0.4, -0.2) is 22.6 Å². The maximum Gasteiger partial charge on any atom is 0.224 e. The Morgan fingerprint density at radius 1 is 1.53 bits per heavy atom. The number of aromatic nitrogens is 2. The Morgan fingerprint density at radius 3 is 2.73 bits per heavy atom. The minimum Gasteiger partial charge on any atom is -0.352 e. The Labute approximate surface area is 94.3 Å². The molecule has 0 radical (unpaired) electrons. The van der Waals surface area contributed by atoms with Gasteiger partial charge in [0, 0.05) is 12.6 Å². The molecule has 0 amide bonds. The van der Waals surface area contributed by atoms with Gasteiger partial charge in [0.25, 0.3) is 0 Å². The molecule has 0 aliphatic rings. The smallest absolute Gasteiger partial charge is 0.224 e. The molecule has 5 heteroatoms. The highest BCUT2D eigenvalue weighted by molar-refractivity contribution is 6.28. The van der Waals surface area contributed by atoms with E-state index in [0.717, 1.165) is 12.6 Å². The van der Waals surface area contributed by atoms with Crippen LogP contribution in [0.15, 0.2) is 6.20 Å². The highest BCUT2D eigenvalue weighted by Gasteiger charge is 2.17. The molecule has 1 rings (SSSR count). The minimum absolute atomic E-state index is 0.0770. The van der Waals surface area contributed by atoms with Gasteiger partial charge in [-0.15, -0.1) is 0 Å². The van der Waals surface area contributed by atoms with Gasteiger partial charge in [0.2, 0.25) is 5.28 Å². The van der Waals surface area contributed by atoms with E-state index in [1.165, 1.54) is 0 Å². The summed E-state index contributed by atoms with van der Waals surface area (Å²) in [4.78, 5) is 9.39. The van der Waals surface area contributed by atoms with Crippen LogP contribution in [0.4, 0.5) is 10.2 Å². The van der Waals surface area contributed by atoms with Crippen molar-refractivity contribution < 1.29 is 4.39 Å². The lowest BCUT2D eigenvalue weighted by molar-refractivity contribution is 0.569. The van der Waals surface area contributed by atoms with Crippen molar-refractivity contribution >= 4 is 17.4 Å². The lowest BCUT2D eigenvalue weighted by Gasteiger charge is -2.28. The average molecular weight is 232 g/mol. The summed E-state index contributed by atoms with van der Waals surface area (Å²) in [6.07, 6.45) is 2.03. The maximum atomic E-state index is 13.5. The predicted molar refractivity (Wildman–Crippen MR) is 59.8 cm³/mol. The Balaban J connectivity index is 3.05. The molecule has 0 aliphatic carbocycles. The molecule has 0 N–H and O–H groups in total. The lowest BCUT2D eigenvalue weighted by Crippen LogP contribution is -2.33. The van der Waals surface area contributed by atoms with Crippen molar-refractivity contribution in [3.63, 3.8) is 0 Å². The van der Waals surface area contributed by atoms with Gasteiger partial charge in [0.05, 0.1) is 6.20 Å². The van der Waals surface area contributed by atoms with Crippen molar-refractivity contribution in [2.75, 3.05) is 11.4 Å². The van der Waals surface area contributed by atoms with Crippen LogP contribution < -0.4 is 4.90 Å². The molecule has 15 heavy (non-hydrogen) atoms. The van der Waals surface area contributed by atoms with Gasteiger partial charge in [0.15, 0.2) is 11.6 Å². The van der Waals surface area contributed by atoms with Crippen LogP contribution in [0.2, 0.25) is 5.28 Å². The number of anilines is 1. The van der Waals surface area contributed by atoms with Gasteiger partial charge in [-0.1, -0.05) is 6.92 Å². The normalized spacial score (nSPS) is 12.6. The summed E-state index contributed by atoms with van der Waals surface area (Å²) in [5.74, 6) is -0.145. The second kappa shape index (κ2) is 5.26. The first-order chi connectivity index (χ1) is 7.10. The molecule has 84 valence electrons. The van der Waals surface area contributed by atoms with E-state index in [-0.39, 0.29) is 17.1 Å². The number of halogens is 2. The SMILES string of the molecule is CCC(C)N(CC)c1nc(Cl)ncc1F. The van der Waals surface area contributed by atoms with Crippen LogP contribution in [0, 0.1) is 5.82 Å². The standard InChI is InChI=1S/C10H15ClFN3/c1-4-7(3)15(5-2)9-8(12)6-13-10(11)14-9/h6-7H,4-5H2,1-3H3. The van der Waals surface area contributed by atoms with Crippen molar-refractivity contribution in [1.82, 2.24) is 9.97 Å². The van der Waals surface area contributed by atoms with Crippen molar-refractivity contribution in [3.05, 3.63) is 17.3 Å². The summed E-state index contributed by atoms with van der Waals surface area (Å²) in [5, 5.41) is 0.0770. The number of nitrogens with zero attached hydrogens (tertiary/aromatic N) is 3. The molecule has 3 nitrogen and oxygen atoms in total. The van der Waals surface area contributed by atoms with Crippen LogP contribution in [0.25, 0.3) is 0 Å². The molecule has 0 fully saturated rings. The summed E-state index contributed by atoms with van der Waals surface area (Å²) in [7, 11) is 0. The van der Waals surface area contributed by atoms with E-state index in [1.807, 2.05) is 25.7 Å². The Hall–Kier alpha value is -0.900. The van der Waals surface area contributed by atoms with E-state index in [4.69, 9.17) is 11.6 Å². The second-order valence-electron chi connectivity index (χ2n) is 3.35. The van der Waals surface area contributed by atoms with E-state index in [1.54, 1.807) is 0 Å². The summed E-state index contributed by atoms with van der Waals surface area (Å²) in [6, 6.07) is 0.232. The van der Waals surface area contributed by atoms with Crippen molar-refractivity contribution in [2.24, 2.45) is 0 Å². The summed E-state index contributed by atoms with van der Waals surface area (Å²) in [5.41, 5.74) is 0. The first kappa shape index (κ1) is 12.2. The third-order valence-corrected chi connectivity index (χ3v) is 2.61. The van der Waals surface area contributed by atoms with Crippen LogP contribution in [-0.2, 0) is 0 Å². The molecule has 1 unspecified atom stereocenters. The van der Waals surface area contributed by atoms with Crippen LogP contribution in [0.5, 0.6) is 0 Å². The highest BCUT2D eigenvalue weighted by Crippen LogP contribution is 2.20. The summed E-state index contributed by atoms with van der Waals surface area (Å²) < 4.78 is 13.5. The van der Waals surface area contributed by atoms with E-state index in [2.05, 4.69) is 9.97 Å². The zero-order valence-corrected chi connectivity index (χ0v) is 9.92. The molecule has 0 aromatic carbocycles. The topological polar surface area (TPSA) is 29.0 Å². The molecular formula is C10H15ClFN3. The van der Waals surface area contributed by atoms with Gasteiger partial charge in [-0.3, -0.25) is 0 Å². The van der Waals surface area contributed by atoms with Gasteiger partial charge < -0.3 is 4.90 Å². The van der Waals surface area contributed by atoms with Crippen LogP contribution in [0.1, 0.15) is 27.2 Å². The monoisotopic (exact) mass is 231 g/mol. The Kier molecular flexibility index (Phi) is 4.27. The second-order valence-corrected chi connectivity index (χ2v) is 3.69. The van der Waals surface area contributed by atoms with E-state index >= 15 is 0 Å². The van der Waals surface area contributed by atoms with E-state index < -0.39 is 5.82 Å². The van der Waals surface area contributed by atoms with Gasteiger partial charge in [0.1, 0.15) is 0 Å². The molecule has 0 saturated heterocycles. The van der Waals surface area contributed by atoms with Gasteiger partial charge in [-0.2, -0.15) is 4.98 Å². The summed E-state index contributed by atoms with van der Waals surface area (Å²) in [6.45, 7) is 6.73. The summed E-state index contributed by atoms with van der Waals surface area (Å²) >= 11 is 5.65. The number of hydrogen-bond donors (Lipinski definition) is 0. The fourth-order valence-electron chi connectivity index (χ4n) is 1.43. The average Bonchev–Trinajstić information content (AvgIpc) is 2.23. The Morgan fingerprint density at radius 2 is 2.20 bits per heavy atom. The first-order valence-corrected chi connectivity index (χ1v) is 5.42. The molecule has 1 atom stereocenters. The molecular weight excluding hydrogens is 217 g/mol. The molecule has 0 spiro atoms. The minimum atomic E-state index is -0.429. The lowest BCUT2D eigenvalue weighted by atomic mass is 10.2. The third-order valence-electron chi connectivity index (χ3n) is 2.43. The Bertz CT molecular complexity index is 332. The van der Waals surface area contributed by atoms with E-state index in [0.29, 0.717) is 6.54 Å². The maximum absolute atomic E-state index is 13.5. The third kappa shape index (κ3) is 2.78. The van der Waals surface area contributed by atoms with Crippen molar-refractivity contribution in [3.8, 4) is 0 Å². The molecule has 0 aliphatic heterocycles. The van der Waals surface area contributed by atoms with Gasteiger partial charge >= 0.3 is 0 Å². The molecule has 1 aromatic heterocycles. The largest absolute Gasteiger partial charge is 0.352 e. The zero-order chi connectivity index (χ0) is 11.4. The van der Waals surface area contributed by atoms with Crippen molar-refractivity contribution in [1.29, 1.82) is 0 Å². The first-order valence-electron chi connectivity index (χ1n) is 5.04. The predicted octanol–water partition coefficient (Wildman–Crippen LogP) is 2.89. The zero-order valence-electron chi connectivity index (χ0n) is 9.17. The fourth-order valence-corrected chi connectivity index (χ4v) is 1.56. The molecule has 1 heterocycles. The molecule has 0 bridgehead atoms. The molecule has 1 aromatic rings. The fraction of sp³-hybridized carbons (Fsp3) is 0.600. The van der Waals surface area contributed by atoms with Crippen LogP contribution in [0.3, 0.4) is 0 Å². The quantitative estimate of drug-likeness (QED) is 0.747. The highest BCUT2D eigenvalue weighted by atomic mass is 35.5. The number of rotatable bonds is 4.